The highest BCUT2D eigenvalue weighted by atomic mass is 32.2. The lowest BCUT2D eigenvalue weighted by Crippen LogP contribution is -2.00. The van der Waals surface area contributed by atoms with Crippen LogP contribution in [-0.2, 0) is 0 Å². The molecule has 3 aromatic heterocycles. The Morgan fingerprint density at radius 2 is 2.04 bits per heavy atom. The first-order chi connectivity index (χ1) is 13.7. The van der Waals surface area contributed by atoms with Crippen LogP contribution < -0.4 is 0 Å². The first kappa shape index (κ1) is 17.6. The van der Waals surface area contributed by atoms with Crippen molar-refractivity contribution in [2.24, 2.45) is 0 Å². The van der Waals surface area contributed by atoms with Crippen molar-refractivity contribution in [3.8, 4) is 22.2 Å². The van der Waals surface area contributed by atoms with Gasteiger partial charge in [-0.1, -0.05) is 35.5 Å². The summed E-state index contributed by atoms with van der Waals surface area (Å²) in [4.78, 5) is 1.15. The van der Waals surface area contributed by atoms with Gasteiger partial charge < -0.3 is 4.42 Å². The molecule has 142 valence electrons. The monoisotopic (exact) mass is 409 g/mol. The van der Waals surface area contributed by atoms with Gasteiger partial charge in [-0.25, -0.2) is 0 Å². The minimum Gasteiger partial charge on any atom is -0.419 e. The number of hydrogen-bond donors (Lipinski definition) is 0. The van der Waals surface area contributed by atoms with Crippen LogP contribution in [-0.4, -0.2) is 25.0 Å². The fourth-order valence-electron chi connectivity index (χ4n) is 3.10. The molecule has 1 aliphatic carbocycles. The summed E-state index contributed by atoms with van der Waals surface area (Å²) >= 11 is 3.31. The molecular weight excluding hydrogens is 390 g/mol. The average molecular weight is 410 g/mol. The van der Waals surface area contributed by atoms with Crippen molar-refractivity contribution < 1.29 is 4.42 Å². The van der Waals surface area contributed by atoms with E-state index in [2.05, 4.69) is 56.3 Å². The standard InChI is InChI=1S/C20H19N5OS2/c1-12-5-3-6-14(11-12)19-23-22-18(26-19)13(2)28-20-24-21-17(16-7-4-10-27-16)25(20)15-8-9-15/h3-7,10-11,13,15H,8-9H2,1-2H3/t13-/m1/s1. The van der Waals surface area contributed by atoms with E-state index in [1.54, 1.807) is 23.1 Å². The molecule has 0 N–H and O–H groups in total. The number of aromatic nitrogens is 5. The topological polar surface area (TPSA) is 69.6 Å². The van der Waals surface area contributed by atoms with Gasteiger partial charge in [0.05, 0.1) is 10.1 Å². The molecule has 6 nitrogen and oxygen atoms in total. The smallest absolute Gasteiger partial charge is 0.247 e. The SMILES string of the molecule is Cc1cccc(-c2nnc([C@@H](C)Sc3nnc(-c4cccs4)n3C3CC3)o2)c1. The fourth-order valence-corrected chi connectivity index (χ4v) is 4.75. The molecule has 0 unspecified atom stereocenters. The molecule has 0 aliphatic heterocycles. The van der Waals surface area contributed by atoms with Gasteiger partial charge in [-0.3, -0.25) is 4.57 Å². The van der Waals surface area contributed by atoms with Gasteiger partial charge in [0, 0.05) is 11.6 Å². The summed E-state index contributed by atoms with van der Waals surface area (Å²) < 4.78 is 8.22. The summed E-state index contributed by atoms with van der Waals surface area (Å²) in [6.07, 6.45) is 2.35. The maximum absolute atomic E-state index is 5.96. The van der Waals surface area contributed by atoms with E-state index in [1.165, 1.54) is 18.4 Å². The lowest BCUT2D eigenvalue weighted by atomic mass is 10.1. The second-order valence-electron chi connectivity index (χ2n) is 6.96. The van der Waals surface area contributed by atoms with Crippen molar-refractivity contribution in [2.45, 2.75) is 43.1 Å². The largest absolute Gasteiger partial charge is 0.419 e. The second-order valence-corrected chi connectivity index (χ2v) is 9.22. The van der Waals surface area contributed by atoms with Gasteiger partial charge in [0.25, 0.3) is 0 Å². The molecule has 1 aliphatic rings. The van der Waals surface area contributed by atoms with E-state index in [0.29, 0.717) is 17.8 Å². The highest BCUT2D eigenvalue weighted by Gasteiger charge is 2.31. The normalized spacial score (nSPS) is 15.1. The van der Waals surface area contributed by atoms with Gasteiger partial charge in [0.1, 0.15) is 0 Å². The zero-order valence-electron chi connectivity index (χ0n) is 15.6. The second kappa shape index (κ2) is 7.18. The van der Waals surface area contributed by atoms with Crippen LogP contribution in [0.5, 0.6) is 0 Å². The fraction of sp³-hybridized carbons (Fsp3) is 0.300. The third-order valence-electron chi connectivity index (χ3n) is 4.65. The number of aryl methyl sites for hydroxylation is 1. The highest BCUT2D eigenvalue weighted by Crippen LogP contribution is 2.44. The molecule has 28 heavy (non-hydrogen) atoms. The van der Waals surface area contributed by atoms with Crippen molar-refractivity contribution in [3.63, 3.8) is 0 Å². The molecule has 3 heterocycles. The van der Waals surface area contributed by atoms with Gasteiger partial charge in [-0.05, 0) is 50.3 Å². The summed E-state index contributed by atoms with van der Waals surface area (Å²) in [7, 11) is 0. The summed E-state index contributed by atoms with van der Waals surface area (Å²) in [6.45, 7) is 4.12. The van der Waals surface area contributed by atoms with E-state index in [1.807, 2.05) is 24.3 Å². The molecule has 5 rings (SSSR count). The van der Waals surface area contributed by atoms with Gasteiger partial charge in [-0.2, -0.15) is 0 Å². The Balaban J connectivity index is 1.40. The Bertz CT molecular complexity index is 1100. The average Bonchev–Trinajstić information content (AvgIpc) is 3.12. The van der Waals surface area contributed by atoms with Gasteiger partial charge >= 0.3 is 0 Å². The zero-order valence-corrected chi connectivity index (χ0v) is 17.2. The third-order valence-corrected chi connectivity index (χ3v) is 6.56. The quantitative estimate of drug-likeness (QED) is 0.389. The maximum atomic E-state index is 5.96. The molecular formula is C20H19N5OS2. The molecule has 1 aromatic carbocycles. The molecule has 4 aromatic rings. The van der Waals surface area contributed by atoms with E-state index >= 15 is 0 Å². The third kappa shape index (κ3) is 3.38. The highest BCUT2D eigenvalue weighted by molar-refractivity contribution is 7.99. The molecule has 0 bridgehead atoms. The van der Waals surface area contributed by atoms with Crippen LogP contribution >= 0.6 is 23.1 Å². The number of nitrogens with zero attached hydrogens (tertiary/aromatic N) is 5. The number of rotatable bonds is 6. The molecule has 1 atom stereocenters. The molecule has 1 fully saturated rings. The van der Waals surface area contributed by atoms with Crippen LogP contribution in [0, 0.1) is 6.92 Å². The van der Waals surface area contributed by atoms with Crippen LogP contribution in [0.4, 0.5) is 0 Å². The molecule has 1 saturated carbocycles. The van der Waals surface area contributed by atoms with E-state index < -0.39 is 0 Å². The van der Waals surface area contributed by atoms with Crippen LogP contribution in [0.25, 0.3) is 22.2 Å². The van der Waals surface area contributed by atoms with Crippen LogP contribution in [0.3, 0.4) is 0 Å². The van der Waals surface area contributed by atoms with Gasteiger partial charge in [0.15, 0.2) is 11.0 Å². The first-order valence-corrected chi connectivity index (χ1v) is 11.0. The van der Waals surface area contributed by atoms with Crippen LogP contribution in [0.2, 0.25) is 0 Å². The van der Waals surface area contributed by atoms with Crippen molar-refractivity contribution >= 4 is 23.1 Å². The molecule has 0 amide bonds. The summed E-state index contributed by atoms with van der Waals surface area (Å²) in [5, 5.41) is 20.4. The molecule has 0 saturated heterocycles. The Morgan fingerprint density at radius 3 is 2.79 bits per heavy atom. The Morgan fingerprint density at radius 1 is 1.14 bits per heavy atom. The van der Waals surface area contributed by atoms with E-state index in [0.717, 1.165) is 21.4 Å². The summed E-state index contributed by atoms with van der Waals surface area (Å²) in [5.41, 5.74) is 2.11. The zero-order chi connectivity index (χ0) is 19.1. The molecule has 0 radical (unpaired) electrons. The maximum Gasteiger partial charge on any atom is 0.247 e. The summed E-state index contributed by atoms with van der Waals surface area (Å²) in [5.74, 6) is 2.11. The van der Waals surface area contributed by atoms with Crippen molar-refractivity contribution in [1.29, 1.82) is 0 Å². The Hall–Kier alpha value is -2.45. The van der Waals surface area contributed by atoms with Crippen molar-refractivity contribution in [1.82, 2.24) is 25.0 Å². The van der Waals surface area contributed by atoms with Gasteiger partial charge in [-0.15, -0.1) is 31.7 Å². The number of benzene rings is 1. The predicted octanol–water partition coefficient (Wildman–Crippen LogP) is 5.55. The van der Waals surface area contributed by atoms with E-state index in [4.69, 9.17) is 4.42 Å². The number of thiophene rings is 1. The lowest BCUT2D eigenvalue weighted by molar-refractivity contribution is 0.508. The minimum absolute atomic E-state index is 0.0102. The van der Waals surface area contributed by atoms with E-state index in [9.17, 15) is 0 Å². The number of hydrogen-bond acceptors (Lipinski definition) is 7. The number of thioether (sulfide) groups is 1. The van der Waals surface area contributed by atoms with Gasteiger partial charge in [0.2, 0.25) is 11.8 Å². The molecule has 0 spiro atoms. The Labute approximate surface area is 171 Å². The van der Waals surface area contributed by atoms with Crippen LogP contribution in [0.15, 0.2) is 51.4 Å². The predicted molar refractivity (Wildman–Crippen MR) is 110 cm³/mol. The lowest BCUT2D eigenvalue weighted by Gasteiger charge is -2.10. The molecule has 8 heteroatoms. The summed E-state index contributed by atoms with van der Waals surface area (Å²) in [6, 6.07) is 12.7. The van der Waals surface area contributed by atoms with E-state index in [-0.39, 0.29) is 5.25 Å². The Kier molecular flexibility index (Phi) is 4.52. The minimum atomic E-state index is -0.0102. The first-order valence-electron chi connectivity index (χ1n) is 9.25. The van der Waals surface area contributed by atoms with Crippen LogP contribution in [0.1, 0.15) is 42.5 Å². The van der Waals surface area contributed by atoms with Crippen molar-refractivity contribution in [2.75, 3.05) is 0 Å². The van der Waals surface area contributed by atoms with Crippen molar-refractivity contribution in [3.05, 3.63) is 53.2 Å².